The van der Waals surface area contributed by atoms with Gasteiger partial charge in [-0.15, -0.1) is 11.8 Å². The van der Waals surface area contributed by atoms with Crippen LogP contribution in [0.3, 0.4) is 0 Å². The Hall–Kier alpha value is -1.49. The molecule has 0 saturated heterocycles. The Morgan fingerprint density at radius 1 is 1.42 bits per heavy atom. The van der Waals surface area contributed by atoms with Gasteiger partial charge in [-0.05, 0) is 18.6 Å². The maximum Gasteiger partial charge on any atom is 0.238 e. The van der Waals surface area contributed by atoms with Gasteiger partial charge in [-0.1, -0.05) is 25.5 Å². The first-order valence-corrected chi connectivity index (χ1v) is 7.42. The second-order valence-corrected chi connectivity index (χ2v) is 5.74. The van der Waals surface area contributed by atoms with Gasteiger partial charge in [0.1, 0.15) is 0 Å². The molecule has 2 N–H and O–H groups in total. The topological polar surface area (TPSA) is 58.2 Å². The van der Waals surface area contributed by atoms with Gasteiger partial charge in [-0.25, -0.2) is 0 Å². The van der Waals surface area contributed by atoms with Gasteiger partial charge in [0.05, 0.1) is 10.9 Å². The Balaban J connectivity index is 1.92. The molecule has 0 aliphatic carbocycles. The highest BCUT2D eigenvalue weighted by Crippen LogP contribution is 2.36. The zero-order chi connectivity index (χ0) is 13.7. The van der Waals surface area contributed by atoms with Crippen LogP contribution in [0.1, 0.15) is 26.2 Å². The van der Waals surface area contributed by atoms with E-state index < -0.39 is 0 Å². The van der Waals surface area contributed by atoms with Crippen LogP contribution in [0, 0.1) is 0 Å². The van der Waals surface area contributed by atoms with Crippen molar-refractivity contribution in [1.82, 2.24) is 5.32 Å². The van der Waals surface area contributed by atoms with E-state index in [1.807, 2.05) is 24.3 Å². The fraction of sp³-hybridized carbons (Fsp3) is 0.429. The minimum Gasteiger partial charge on any atom is -0.356 e. The van der Waals surface area contributed by atoms with Crippen LogP contribution in [0.2, 0.25) is 0 Å². The van der Waals surface area contributed by atoms with Gasteiger partial charge in [-0.2, -0.15) is 0 Å². The number of para-hydroxylation sites is 1. The number of fused-ring (bicyclic) bond motifs is 1. The number of anilines is 1. The predicted octanol–water partition coefficient (Wildman–Crippen LogP) is 2.41. The molecule has 1 aromatic carbocycles. The number of thioether (sulfide) groups is 1. The van der Waals surface area contributed by atoms with Crippen molar-refractivity contribution in [3.05, 3.63) is 24.3 Å². The summed E-state index contributed by atoms with van der Waals surface area (Å²) in [5.74, 6) is -0.144. The molecule has 0 saturated carbocycles. The lowest BCUT2D eigenvalue weighted by Gasteiger charge is -2.23. The van der Waals surface area contributed by atoms with E-state index in [1.165, 1.54) is 11.8 Å². The third-order valence-electron chi connectivity index (χ3n) is 2.93. The monoisotopic (exact) mass is 278 g/mol. The van der Waals surface area contributed by atoms with Crippen molar-refractivity contribution >= 4 is 29.3 Å². The fourth-order valence-corrected chi connectivity index (χ4v) is 2.98. The number of unbranched alkanes of at least 4 members (excludes halogenated alkanes) is 1. The van der Waals surface area contributed by atoms with E-state index in [-0.39, 0.29) is 23.5 Å². The molecule has 4 nitrogen and oxygen atoms in total. The van der Waals surface area contributed by atoms with Crippen LogP contribution < -0.4 is 10.6 Å². The molecule has 0 aromatic heterocycles. The second kappa shape index (κ2) is 6.61. The quantitative estimate of drug-likeness (QED) is 0.813. The number of carbonyl (C=O) groups is 2. The summed E-state index contributed by atoms with van der Waals surface area (Å²) in [4.78, 5) is 24.7. The lowest BCUT2D eigenvalue weighted by Crippen LogP contribution is -2.35. The molecule has 1 heterocycles. The third-order valence-corrected chi connectivity index (χ3v) is 4.21. The van der Waals surface area contributed by atoms with E-state index in [1.54, 1.807) is 0 Å². The molecule has 1 unspecified atom stereocenters. The van der Waals surface area contributed by atoms with Gasteiger partial charge < -0.3 is 10.6 Å². The maximum atomic E-state index is 11.9. The Bertz CT molecular complexity index is 476. The van der Waals surface area contributed by atoms with Crippen LogP contribution in [0.15, 0.2) is 29.2 Å². The van der Waals surface area contributed by atoms with Crippen LogP contribution in [0.25, 0.3) is 0 Å². The zero-order valence-corrected chi connectivity index (χ0v) is 11.8. The van der Waals surface area contributed by atoms with Gasteiger partial charge >= 0.3 is 0 Å². The van der Waals surface area contributed by atoms with E-state index in [4.69, 9.17) is 0 Å². The standard InChI is InChI=1S/C14H18N2O2S/c1-2-3-8-15-13(17)9-12-14(18)16-10-6-4-5-7-11(10)19-12/h4-7,12H,2-3,8-9H2,1H3,(H,15,17)(H,16,18). The normalized spacial score (nSPS) is 17.5. The molecule has 1 aliphatic heterocycles. The summed E-state index contributed by atoms with van der Waals surface area (Å²) < 4.78 is 0. The Labute approximate surface area is 117 Å². The molecule has 5 heteroatoms. The molecule has 19 heavy (non-hydrogen) atoms. The van der Waals surface area contributed by atoms with E-state index in [2.05, 4.69) is 17.6 Å². The van der Waals surface area contributed by atoms with Crippen LogP contribution in [0.5, 0.6) is 0 Å². The van der Waals surface area contributed by atoms with Crippen LogP contribution in [-0.2, 0) is 9.59 Å². The van der Waals surface area contributed by atoms with E-state index in [0.29, 0.717) is 6.54 Å². The zero-order valence-electron chi connectivity index (χ0n) is 10.9. The second-order valence-electron chi connectivity index (χ2n) is 4.50. The highest BCUT2D eigenvalue weighted by Gasteiger charge is 2.28. The summed E-state index contributed by atoms with van der Waals surface area (Å²) in [5.41, 5.74) is 0.833. The molecule has 0 bridgehead atoms. The smallest absolute Gasteiger partial charge is 0.238 e. The number of rotatable bonds is 5. The summed E-state index contributed by atoms with van der Waals surface area (Å²) in [6, 6.07) is 7.65. The van der Waals surface area contributed by atoms with Gasteiger partial charge in [0.15, 0.2) is 0 Å². The third kappa shape index (κ3) is 3.73. The largest absolute Gasteiger partial charge is 0.356 e. The number of nitrogens with one attached hydrogen (secondary N) is 2. The molecule has 1 atom stereocenters. The first kappa shape index (κ1) is 13.9. The number of carbonyl (C=O) groups excluding carboxylic acids is 2. The highest BCUT2D eigenvalue weighted by atomic mass is 32.2. The molecule has 1 aliphatic rings. The van der Waals surface area contributed by atoms with Crippen LogP contribution in [0.4, 0.5) is 5.69 Å². The minimum absolute atomic E-state index is 0.0551. The average molecular weight is 278 g/mol. The van der Waals surface area contributed by atoms with Gasteiger partial charge in [0, 0.05) is 17.9 Å². The lowest BCUT2D eigenvalue weighted by atomic mass is 10.2. The Morgan fingerprint density at radius 3 is 3.00 bits per heavy atom. The van der Waals surface area contributed by atoms with E-state index >= 15 is 0 Å². The number of hydrogen-bond donors (Lipinski definition) is 2. The van der Waals surface area contributed by atoms with Crippen molar-refractivity contribution in [2.45, 2.75) is 36.3 Å². The first-order chi connectivity index (χ1) is 9.20. The maximum absolute atomic E-state index is 11.9. The van der Waals surface area contributed by atoms with Crippen LogP contribution >= 0.6 is 11.8 Å². The molecule has 0 spiro atoms. The number of benzene rings is 1. The Morgan fingerprint density at radius 2 is 2.21 bits per heavy atom. The SMILES string of the molecule is CCCCNC(=O)CC1Sc2ccccc2NC1=O. The van der Waals surface area contributed by atoms with Crippen molar-refractivity contribution < 1.29 is 9.59 Å². The summed E-state index contributed by atoms with van der Waals surface area (Å²) >= 11 is 1.46. The summed E-state index contributed by atoms with van der Waals surface area (Å²) in [5, 5.41) is 5.35. The fourth-order valence-electron chi connectivity index (χ4n) is 1.87. The van der Waals surface area contributed by atoms with Crippen molar-refractivity contribution in [2.75, 3.05) is 11.9 Å². The van der Waals surface area contributed by atoms with Crippen molar-refractivity contribution in [1.29, 1.82) is 0 Å². The van der Waals surface area contributed by atoms with Gasteiger partial charge in [0.2, 0.25) is 11.8 Å². The van der Waals surface area contributed by atoms with E-state index in [0.717, 1.165) is 23.4 Å². The van der Waals surface area contributed by atoms with Gasteiger partial charge in [-0.3, -0.25) is 9.59 Å². The highest BCUT2D eigenvalue weighted by molar-refractivity contribution is 8.01. The molecule has 2 amide bonds. The number of hydrogen-bond acceptors (Lipinski definition) is 3. The van der Waals surface area contributed by atoms with E-state index in [9.17, 15) is 9.59 Å². The molecule has 2 rings (SSSR count). The molecule has 1 aromatic rings. The molecular formula is C14H18N2O2S. The van der Waals surface area contributed by atoms with Crippen molar-refractivity contribution in [3.8, 4) is 0 Å². The Kier molecular flexibility index (Phi) is 4.85. The van der Waals surface area contributed by atoms with Crippen LogP contribution in [-0.4, -0.2) is 23.6 Å². The molecule has 0 radical (unpaired) electrons. The van der Waals surface area contributed by atoms with Gasteiger partial charge in [0.25, 0.3) is 0 Å². The average Bonchev–Trinajstić information content (AvgIpc) is 2.40. The minimum atomic E-state index is -0.337. The molecular weight excluding hydrogens is 260 g/mol. The first-order valence-electron chi connectivity index (χ1n) is 6.54. The molecule has 102 valence electrons. The summed E-state index contributed by atoms with van der Waals surface area (Å²) in [6.45, 7) is 2.76. The number of amides is 2. The van der Waals surface area contributed by atoms with Crippen molar-refractivity contribution in [3.63, 3.8) is 0 Å². The molecule has 0 fully saturated rings. The lowest BCUT2D eigenvalue weighted by molar-refractivity contribution is -0.124. The summed E-state index contributed by atoms with van der Waals surface area (Å²) in [6.07, 6.45) is 2.25. The predicted molar refractivity (Wildman–Crippen MR) is 77.3 cm³/mol. The summed E-state index contributed by atoms with van der Waals surface area (Å²) in [7, 11) is 0. The van der Waals surface area contributed by atoms with Crippen molar-refractivity contribution in [2.24, 2.45) is 0 Å².